The number of halogens is 2. The molecule has 1 N–H and O–H groups in total. The molecule has 1 aromatic heterocycles. The first-order valence-electron chi connectivity index (χ1n) is 12.4. The van der Waals surface area contributed by atoms with Gasteiger partial charge in [-0.1, -0.05) is 44.5 Å². The fourth-order valence-corrected chi connectivity index (χ4v) is 5.85. The van der Waals surface area contributed by atoms with Crippen LogP contribution in [0, 0.1) is 5.82 Å². The lowest BCUT2D eigenvalue weighted by molar-refractivity contribution is -0.120. The molecule has 214 valence electrons. The molecule has 0 aliphatic carbocycles. The van der Waals surface area contributed by atoms with Crippen LogP contribution >= 0.6 is 11.6 Å². The molecule has 2 amide bonds. The molecule has 1 atom stereocenters. The number of carbonyl (C=O) groups excluding carboxylic acids is 2. The number of hydrogen-bond acceptors (Lipinski definition) is 8. The lowest BCUT2D eigenvalue weighted by Crippen LogP contribution is -2.51. The minimum Gasteiger partial charge on any atom is -0.444 e. The van der Waals surface area contributed by atoms with Crippen LogP contribution in [0.4, 0.5) is 14.9 Å². The SMILES string of the molecule is CC(C)(C)OC(=O)N[C@H]1CS(=O)(=O)c2cc(F)c(-c3nnc(C(C)(C)C)o3)cc2N(Cc2cccc(Cl)c2)C1=O. The van der Waals surface area contributed by atoms with Gasteiger partial charge in [-0.15, -0.1) is 10.2 Å². The second kappa shape index (κ2) is 10.5. The van der Waals surface area contributed by atoms with Gasteiger partial charge >= 0.3 is 6.09 Å². The summed E-state index contributed by atoms with van der Waals surface area (Å²) in [4.78, 5) is 27.2. The molecule has 0 saturated carbocycles. The fraction of sp³-hybridized carbons (Fsp3) is 0.407. The number of alkyl carbamates (subject to hydrolysis) is 1. The number of nitrogens with zero attached hydrogens (tertiary/aromatic N) is 3. The van der Waals surface area contributed by atoms with Crippen molar-refractivity contribution in [3.63, 3.8) is 0 Å². The number of anilines is 1. The van der Waals surface area contributed by atoms with Gasteiger partial charge in [-0.25, -0.2) is 17.6 Å². The first-order chi connectivity index (χ1) is 18.4. The topological polar surface area (TPSA) is 132 Å². The fourth-order valence-electron chi connectivity index (χ4n) is 4.02. The molecule has 0 bridgehead atoms. The number of hydrogen-bond donors (Lipinski definition) is 1. The summed E-state index contributed by atoms with van der Waals surface area (Å²) in [7, 11) is -4.29. The molecule has 1 aliphatic rings. The van der Waals surface area contributed by atoms with Gasteiger partial charge in [0.2, 0.25) is 5.89 Å². The van der Waals surface area contributed by atoms with Gasteiger partial charge in [-0.05, 0) is 50.6 Å². The standard InChI is InChI=1S/C27H30ClFN4O6S/c1-26(2,3)24-32-31-22(38-24)17-11-20-21(12-18(17)29)40(36,37)14-19(30-25(35)39-27(4,5)6)23(34)33(20)13-15-8-7-9-16(28)10-15/h7-12,19H,13-14H2,1-6H3,(H,30,35)/t19-/m0/s1. The zero-order valence-electron chi connectivity index (χ0n) is 22.9. The van der Waals surface area contributed by atoms with Crippen LogP contribution in [0.3, 0.4) is 0 Å². The minimum absolute atomic E-state index is 0.106. The molecule has 2 heterocycles. The summed E-state index contributed by atoms with van der Waals surface area (Å²) in [6.45, 7) is 10.3. The van der Waals surface area contributed by atoms with Crippen LogP contribution in [0.1, 0.15) is 53.0 Å². The Morgan fingerprint density at radius 1 is 1.18 bits per heavy atom. The van der Waals surface area contributed by atoms with Crippen LogP contribution in [0.15, 0.2) is 45.7 Å². The van der Waals surface area contributed by atoms with E-state index >= 15 is 4.39 Å². The highest BCUT2D eigenvalue weighted by molar-refractivity contribution is 7.91. The van der Waals surface area contributed by atoms with E-state index in [0.29, 0.717) is 10.6 Å². The van der Waals surface area contributed by atoms with Crippen LogP contribution < -0.4 is 10.2 Å². The van der Waals surface area contributed by atoms with Crippen molar-refractivity contribution < 1.29 is 31.6 Å². The van der Waals surface area contributed by atoms with Crippen LogP contribution in [0.5, 0.6) is 0 Å². The summed E-state index contributed by atoms with van der Waals surface area (Å²) < 4.78 is 53.4. The van der Waals surface area contributed by atoms with Crippen molar-refractivity contribution in [2.75, 3.05) is 10.7 Å². The maximum atomic E-state index is 15.4. The highest BCUT2D eigenvalue weighted by atomic mass is 35.5. The van der Waals surface area contributed by atoms with Gasteiger partial charge in [0.25, 0.3) is 11.8 Å². The number of benzene rings is 2. The van der Waals surface area contributed by atoms with Crippen molar-refractivity contribution in [1.29, 1.82) is 0 Å². The van der Waals surface area contributed by atoms with Gasteiger partial charge in [0.05, 0.1) is 28.4 Å². The van der Waals surface area contributed by atoms with Gasteiger partial charge in [0, 0.05) is 10.4 Å². The summed E-state index contributed by atoms with van der Waals surface area (Å²) in [6, 6.07) is 7.14. The minimum atomic E-state index is -4.29. The van der Waals surface area contributed by atoms with Gasteiger partial charge < -0.3 is 19.4 Å². The van der Waals surface area contributed by atoms with Crippen molar-refractivity contribution in [2.24, 2.45) is 0 Å². The predicted molar refractivity (Wildman–Crippen MR) is 146 cm³/mol. The summed E-state index contributed by atoms with van der Waals surface area (Å²) in [5.74, 6) is -2.41. The average Bonchev–Trinajstić information content (AvgIpc) is 3.29. The third kappa shape index (κ3) is 6.44. The summed E-state index contributed by atoms with van der Waals surface area (Å²) in [6.07, 6.45) is -0.970. The molecule has 2 aromatic carbocycles. The van der Waals surface area contributed by atoms with Crippen LogP contribution in [-0.4, -0.2) is 48.0 Å². The maximum absolute atomic E-state index is 15.4. The van der Waals surface area contributed by atoms with E-state index in [1.807, 2.05) is 20.8 Å². The van der Waals surface area contributed by atoms with Crippen molar-refractivity contribution in [3.05, 3.63) is 58.7 Å². The Labute approximate surface area is 236 Å². The Hall–Kier alpha value is -3.51. The summed E-state index contributed by atoms with van der Waals surface area (Å²) >= 11 is 6.15. The van der Waals surface area contributed by atoms with E-state index in [9.17, 15) is 18.0 Å². The normalized spacial score (nSPS) is 17.2. The van der Waals surface area contributed by atoms with E-state index in [4.69, 9.17) is 20.8 Å². The number of sulfone groups is 1. The monoisotopic (exact) mass is 592 g/mol. The van der Waals surface area contributed by atoms with E-state index in [0.717, 1.165) is 11.0 Å². The van der Waals surface area contributed by atoms with E-state index < -0.39 is 55.4 Å². The highest BCUT2D eigenvalue weighted by Gasteiger charge is 2.40. The largest absolute Gasteiger partial charge is 0.444 e. The lowest BCUT2D eigenvalue weighted by atomic mass is 9.97. The van der Waals surface area contributed by atoms with Crippen LogP contribution in [0.25, 0.3) is 11.5 Å². The first-order valence-corrected chi connectivity index (χ1v) is 14.4. The van der Waals surface area contributed by atoms with Crippen molar-refractivity contribution in [1.82, 2.24) is 15.5 Å². The van der Waals surface area contributed by atoms with E-state index in [1.54, 1.807) is 45.0 Å². The molecule has 10 nitrogen and oxygen atoms in total. The number of fused-ring (bicyclic) bond motifs is 1. The number of amides is 2. The maximum Gasteiger partial charge on any atom is 0.408 e. The molecule has 3 aromatic rings. The molecule has 0 spiro atoms. The Balaban J connectivity index is 1.86. The first kappa shape index (κ1) is 29.5. The molecule has 0 fully saturated rings. The Kier molecular flexibility index (Phi) is 7.72. The zero-order valence-corrected chi connectivity index (χ0v) is 24.5. The number of ether oxygens (including phenoxy) is 1. The number of rotatable bonds is 4. The lowest BCUT2D eigenvalue weighted by Gasteiger charge is -2.27. The molecule has 0 radical (unpaired) electrons. The van der Waals surface area contributed by atoms with Crippen LogP contribution in [0.2, 0.25) is 5.02 Å². The van der Waals surface area contributed by atoms with Crippen molar-refractivity contribution in [3.8, 4) is 11.5 Å². The average molecular weight is 593 g/mol. The molecular weight excluding hydrogens is 563 g/mol. The van der Waals surface area contributed by atoms with E-state index in [1.165, 1.54) is 6.07 Å². The Morgan fingerprint density at radius 2 is 1.88 bits per heavy atom. The molecule has 4 rings (SSSR count). The smallest absolute Gasteiger partial charge is 0.408 e. The third-order valence-electron chi connectivity index (χ3n) is 5.84. The molecule has 1 aliphatic heterocycles. The zero-order chi connectivity index (χ0) is 29.6. The second-order valence-corrected chi connectivity index (χ2v) is 13.9. The summed E-state index contributed by atoms with van der Waals surface area (Å²) in [5, 5.41) is 10.7. The molecule has 0 unspecified atom stereocenters. The molecular formula is C27H30ClFN4O6S. The highest BCUT2D eigenvalue weighted by Crippen LogP contribution is 2.38. The van der Waals surface area contributed by atoms with Gasteiger partial charge in [0.1, 0.15) is 17.5 Å². The molecule has 13 heteroatoms. The molecule has 0 saturated heterocycles. The third-order valence-corrected chi connectivity index (χ3v) is 7.85. The quantitative estimate of drug-likeness (QED) is 0.446. The number of aromatic nitrogens is 2. The summed E-state index contributed by atoms with van der Waals surface area (Å²) in [5.41, 5.74) is -1.13. The molecule has 40 heavy (non-hydrogen) atoms. The van der Waals surface area contributed by atoms with E-state index in [2.05, 4.69) is 15.5 Å². The van der Waals surface area contributed by atoms with Crippen LogP contribution in [-0.2, 0) is 31.3 Å². The predicted octanol–water partition coefficient (Wildman–Crippen LogP) is 5.04. The van der Waals surface area contributed by atoms with Crippen molar-refractivity contribution >= 4 is 39.1 Å². The van der Waals surface area contributed by atoms with Gasteiger partial charge in [-0.3, -0.25) is 4.79 Å². The second-order valence-electron chi connectivity index (χ2n) is 11.5. The number of carbonyl (C=O) groups is 2. The van der Waals surface area contributed by atoms with Crippen molar-refractivity contribution in [2.45, 2.75) is 70.0 Å². The van der Waals surface area contributed by atoms with Gasteiger partial charge in [-0.2, -0.15) is 0 Å². The Morgan fingerprint density at radius 3 is 2.48 bits per heavy atom. The van der Waals surface area contributed by atoms with E-state index in [-0.39, 0.29) is 29.6 Å². The number of nitrogens with one attached hydrogen (secondary N) is 1. The Bertz CT molecular complexity index is 1580. The van der Waals surface area contributed by atoms with Gasteiger partial charge in [0.15, 0.2) is 9.84 Å².